The van der Waals surface area contributed by atoms with Crippen LogP contribution in [0.2, 0.25) is 0 Å². The van der Waals surface area contributed by atoms with E-state index in [4.69, 9.17) is 11.5 Å². The molecule has 11 N–H and O–H groups in total. The molecule has 0 unspecified atom stereocenters. The molecule has 0 bridgehead atoms. The molecule has 0 heterocycles. The molecule has 0 spiro atoms. The number of ketones is 2. The van der Waals surface area contributed by atoms with Gasteiger partial charge in [0.2, 0.25) is 29.5 Å². The first kappa shape index (κ1) is 45.5. The Balaban J connectivity index is 3.65. The van der Waals surface area contributed by atoms with Gasteiger partial charge in [-0.15, -0.1) is 0 Å². The summed E-state index contributed by atoms with van der Waals surface area (Å²) in [7, 11) is 0. The Morgan fingerprint density at radius 2 is 0.878 bits per heavy atom. The van der Waals surface area contributed by atoms with Gasteiger partial charge in [0, 0.05) is 37.1 Å². The van der Waals surface area contributed by atoms with Crippen molar-refractivity contribution in [3.63, 3.8) is 0 Å². The van der Waals surface area contributed by atoms with Crippen LogP contribution in [0.1, 0.15) is 91.4 Å². The number of unbranched alkanes of at least 4 members (excludes halogenated alkanes) is 2. The number of hydrogen-bond donors (Lipinski definition) is 9. The van der Waals surface area contributed by atoms with Gasteiger partial charge in [-0.2, -0.15) is 0 Å². The molecule has 0 saturated heterocycles. The second-order valence-corrected chi connectivity index (χ2v) is 12.6. The van der Waals surface area contributed by atoms with Crippen LogP contribution in [-0.4, -0.2) is 100 Å². The standard InChI is InChI=1S/C33H63N9O7/c1-24(31(34)47)10-5-7-17-40-33(49)26(3)11-4-6-15-36-18-27(43)20-38-22-41-29(45)13-8-14-30(46)42-23-39-21-28(44)19-37-16-9-12-25(2)32(35)48/h24-26,36-39H,4-23H2,1-3H3,(H2,34,47)(H2,35,48)(H,40,49)(H,41,45)(H,42,46)/t24-,25-,26+/m0/s1. The van der Waals surface area contributed by atoms with E-state index in [0.29, 0.717) is 32.5 Å². The van der Waals surface area contributed by atoms with Crippen molar-refractivity contribution in [1.82, 2.24) is 37.2 Å². The number of carbonyl (C=O) groups excluding carboxylic acids is 7. The fraction of sp³-hybridized carbons (Fsp3) is 0.788. The van der Waals surface area contributed by atoms with Crippen molar-refractivity contribution in [2.24, 2.45) is 29.2 Å². The molecular weight excluding hydrogens is 634 g/mol. The maximum absolute atomic E-state index is 12.2. The van der Waals surface area contributed by atoms with Crippen molar-refractivity contribution >= 4 is 41.1 Å². The quantitative estimate of drug-likeness (QED) is 0.0294. The van der Waals surface area contributed by atoms with Crippen molar-refractivity contribution in [1.29, 1.82) is 0 Å². The maximum Gasteiger partial charge on any atom is 0.222 e. The number of rotatable bonds is 33. The van der Waals surface area contributed by atoms with Gasteiger partial charge in [0.25, 0.3) is 0 Å². The Bertz CT molecular complexity index is 1010. The van der Waals surface area contributed by atoms with Gasteiger partial charge < -0.3 is 38.1 Å². The molecule has 0 aliphatic carbocycles. The summed E-state index contributed by atoms with van der Waals surface area (Å²) in [5, 5.41) is 20.1. The summed E-state index contributed by atoms with van der Waals surface area (Å²) in [5.74, 6) is -1.59. The number of nitrogens with one attached hydrogen (secondary N) is 7. The number of carbonyl (C=O) groups is 7. The molecule has 0 aromatic carbocycles. The van der Waals surface area contributed by atoms with E-state index in [1.807, 2.05) is 6.92 Å². The second kappa shape index (κ2) is 29.4. The van der Waals surface area contributed by atoms with Crippen molar-refractivity contribution in [3.05, 3.63) is 0 Å². The molecule has 49 heavy (non-hydrogen) atoms. The molecule has 0 rings (SSSR count). The maximum atomic E-state index is 12.2. The summed E-state index contributed by atoms with van der Waals surface area (Å²) in [5.41, 5.74) is 10.5. The molecule has 3 atom stereocenters. The van der Waals surface area contributed by atoms with E-state index in [0.717, 1.165) is 44.9 Å². The smallest absolute Gasteiger partial charge is 0.222 e. The average Bonchev–Trinajstić information content (AvgIpc) is 3.05. The Morgan fingerprint density at radius 1 is 0.469 bits per heavy atom. The minimum atomic E-state index is -0.331. The zero-order valence-electron chi connectivity index (χ0n) is 29.9. The lowest BCUT2D eigenvalue weighted by atomic mass is 10.0. The number of hydrogen-bond acceptors (Lipinski definition) is 11. The minimum Gasteiger partial charge on any atom is -0.369 e. The predicted molar refractivity (Wildman–Crippen MR) is 187 cm³/mol. The summed E-state index contributed by atoms with van der Waals surface area (Å²) in [6.07, 6.45) is 6.93. The molecular formula is C33H63N9O7. The molecule has 0 aromatic heterocycles. The molecule has 0 radical (unpaired) electrons. The van der Waals surface area contributed by atoms with Crippen LogP contribution in [0.5, 0.6) is 0 Å². The number of nitrogens with two attached hydrogens (primary N) is 2. The lowest BCUT2D eigenvalue weighted by Crippen LogP contribution is -2.39. The summed E-state index contributed by atoms with van der Waals surface area (Å²) in [6, 6.07) is 0. The number of Topliss-reactive ketones (excluding diaryl/α,β-unsaturated/α-hetero) is 2. The highest BCUT2D eigenvalue weighted by atomic mass is 16.2. The third-order valence-electron chi connectivity index (χ3n) is 7.93. The van der Waals surface area contributed by atoms with Crippen LogP contribution in [-0.2, 0) is 33.6 Å². The highest BCUT2D eigenvalue weighted by Gasteiger charge is 2.13. The summed E-state index contributed by atoms with van der Waals surface area (Å²) < 4.78 is 0. The number of amides is 5. The van der Waals surface area contributed by atoms with Crippen molar-refractivity contribution in [2.75, 3.05) is 59.2 Å². The zero-order chi connectivity index (χ0) is 36.9. The minimum absolute atomic E-state index is 0.0245. The van der Waals surface area contributed by atoms with E-state index in [1.165, 1.54) is 0 Å². The van der Waals surface area contributed by atoms with Crippen molar-refractivity contribution in [2.45, 2.75) is 91.4 Å². The van der Waals surface area contributed by atoms with Gasteiger partial charge >= 0.3 is 0 Å². The topological polar surface area (TPSA) is 256 Å². The van der Waals surface area contributed by atoms with Gasteiger partial charge in [-0.05, 0) is 58.0 Å². The highest BCUT2D eigenvalue weighted by molar-refractivity contribution is 5.83. The van der Waals surface area contributed by atoms with E-state index in [-0.39, 0.29) is 111 Å². The van der Waals surface area contributed by atoms with Gasteiger partial charge in [-0.1, -0.05) is 33.6 Å². The molecule has 282 valence electrons. The lowest BCUT2D eigenvalue weighted by Gasteiger charge is -2.13. The van der Waals surface area contributed by atoms with Crippen LogP contribution < -0.4 is 48.7 Å². The van der Waals surface area contributed by atoms with E-state index in [1.54, 1.807) is 13.8 Å². The normalized spacial score (nSPS) is 12.8. The first-order valence-corrected chi connectivity index (χ1v) is 17.6. The SMILES string of the molecule is C[C@H](CCCCNCC(=O)CNCNC(=O)CCCC(=O)NCNCC(=O)CNCCC[C@H](C)C(N)=O)C(=O)NCCCC[C@H](C)C(N)=O. The van der Waals surface area contributed by atoms with Gasteiger partial charge in [0.15, 0.2) is 11.6 Å². The zero-order valence-corrected chi connectivity index (χ0v) is 29.9. The van der Waals surface area contributed by atoms with Crippen LogP contribution in [0.25, 0.3) is 0 Å². The third kappa shape index (κ3) is 28.1. The van der Waals surface area contributed by atoms with E-state index < -0.39 is 0 Å². The lowest BCUT2D eigenvalue weighted by molar-refractivity contribution is -0.125. The first-order chi connectivity index (χ1) is 23.3. The molecule has 0 fully saturated rings. The molecule has 0 aliphatic heterocycles. The van der Waals surface area contributed by atoms with Crippen LogP contribution in [0.3, 0.4) is 0 Å². The van der Waals surface area contributed by atoms with E-state index >= 15 is 0 Å². The second-order valence-electron chi connectivity index (χ2n) is 12.6. The Labute approximate surface area is 291 Å². The molecule has 0 saturated carbocycles. The summed E-state index contributed by atoms with van der Waals surface area (Å²) >= 11 is 0. The van der Waals surface area contributed by atoms with Crippen molar-refractivity contribution < 1.29 is 33.6 Å². The molecule has 5 amide bonds. The number of primary amides is 2. The summed E-state index contributed by atoms with van der Waals surface area (Å²) in [4.78, 5) is 82.1. The third-order valence-corrected chi connectivity index (χ3v) is 7.93. The summed E-state index contributed by atoms with van der Waals surface area (Å²) in [6.45, 7) is 8.22. The van der Waals surface area contributed by atoms with Crippen LogP contribution in [0.4, 0.5) is 0 Å². The monoisotopic (exact) mass is 697 g/mol. The Morgan fingerprint density at radius 3 is 1.37 bits per heavy atom. The average molecular weight is 698 g/mol. The molecule has 0 aliphatic rings. The van der Waals surface area contributed by atoms with Gasteiger partial charge in [0.1, 0.15) is 0 Å². The van der Waals surface area contributed by atoms with Crippen molar-refractivity contribution in [3.8, 4) is 0 Å². The van der Waals surface area contributed by atoms with E-state index in [2.05, 4.69) is 37.2 Å². The van der Waals surface area contributed by atoms with E-state index in [9.17, 15) is 33.6 Å². The fourth-order valence-corrected chi connectivity index (χ4v) is 4.50. The highest BCUT2D eigenvalue weighted by Crippen LogP contribution is 2.09. The fourth-order valence-electron chi connectivity index (χ4n) is 4.50. The Hall–Kier alpha value is -3.47. The van der Waals surface area contributed by atoms with Crippen LogP contribution in [0, 0.1) is 17.8 Å². The molecule has 0 aromatic rings. The largest absolute Gasteiger partial charge is 0.369 e. The predicted octanol–water partition coefficient (Wildman–Crippen LogP) is -1.08. The van der Waals surface area contributed by atoms with Gasteiger partial charge in [0.05, 0.1) is 39.5 Å². The van der Waals surface area contributed by atoms with Gasteiger partial charge in [-0.3, -0.25) is 44.2 Å². The van der Waals surface area contributed by atoms with Gasteiger partial charge in [-0.25, -0.2) is 0 Å². The first-order valence-electron chi connectivity index (χ1n) is 17.6. The van der Waals surface area contributed by atoms with Crippen LogP contribution >= 0.6 is 0 Å². The molecule has 16 nitrogen and oxygen atoms in total. The Kier molecular flexibility index (Phi) is 27.4. The van der Waals surface area contributed by atoms with Crippen LogP contribution in [0.15, 0.2) is 0 Å². The molecule has 16 heteroatoms.